The van der Waals surface area contributed by atoms with E-state index in [2.05, 4.69) is 45.9 Å². The summed E-state index contributed by atoms with van der Waals surface area (Å²) < 4.78 is 4.93. The van der Waals surface area contributed by atoms with Crippen LogP contribution >= 0.6 is 0 Å². The fourth-order valence-corrected chi connectivity index (χ4v) is 1.95. The Morgan fingerprint density at radius 2 is 1.71 bits per heavy atom. The molecule has 0 bridgehead atoms. The Bertz CT molecular complexity index is 833. The number of aromatic nitrogens is 12. The summed E-state index contributed by atoms with van der Waals surface area (Å²) in [5.41, 5.74) is 2.56. The number of rotatable bonds is 0. The molecule has 6 rings (SSSR count). The van der Waals surface area contributed by atoms with E-state index >= 15 is 0 Å². The molecule has 3 N–H and O–H groups in total. The van der Waals surface area contributed by atoms with Crippen molar-refractivity contribution in [3.05, 3.63) is 55.5 Å². The molecule has 0 atom stereocenters. The average molecular weight is 324 g/mol. The number of fused-ring (bicyclic) bond motifs is 3. The van der Waals surface area contributed by atoms with Gasteiger partial charge in [-0.1, -0.05) is 0 Å². The van der Waals surface area contributed by atoms with E-state index in [0.29, 0.717) is 0 Å². The first kappa shape index (κ1) is 13.7. The highest BCUT2D eigenvalue weighted by molar-refractivity contribution is 5.35. The summed E-state index contributed by atoms with van der Waals surface area (Å²) in [7, 11) is 0. The predicted molar refractivity (Wildman–Crippen MR) is 82.0 cm³/mol. The average Bonchev–Trinajstić information content (AvgIpc) is 3.33. The third-order valence-electron chi connectivity index (χ3n) is 3.03. The molecular formula is C12H12N12. The van der Waals surface area contributed by atoms with Gasteiger partial charge in [-0.3, -0.25) is 5.10 Å². The van der Waals surface area contributed by atoms with Crippen LogP contribution in [-0.4, -0.2) is 59.7 Å². The molecule has 6 heterocycles. The summed E-state index contributed by atoms with van der Waals surface area (Å²) >= 11 is 0. The number of imidazole rings is 1. The van der Waals surface area contributed by atoms with Crippen molar-refractivity contribution in [2.75, 3.05) is 0 Å². The van der Waals surface area contributed by atoms with Crippen LogP contribution in [0.15, 0.2) is 55.5 Å². The molecule has 0 radical (unpaired) electrons. The number of nitrogens with zero attached hydrogens (tertiary/aromatic N) is 9. The van der Waals surface area contributed by atoms with Crippen molar-refractivity contribution in [2.24, 2.45) is 0 Å². The second-order valence-corrected chi connectivity index (χ2v) is 4.51. The first-order valence-electron chi connectivity index (χ1n) is 6.90. The van der Waals surface area contributed by atoms with Crippen LogP contribution in [0.5, 0.6) is 0 Å². The molecule has 6 aromatic heterocycles. The van der Waals surface area contributed by atoms with Gasteiger partial charge in [0.2, 0.25) is 0 Å². The van der Waals surface area contributed by atoms with Gasteiger partial charge in [0.15, 0.2) is 16.9 Å². The molecule has 12 heteroatoms. The molecule has 24 heavy (non-hydrogen) atoms. The van der Waals surface area contributed by atoms with Crippen LogP contribution in [0, 0.1) is 0 Å². The Hall–Kier alpha value is -3.96. The van der Waals surface area contributed by atoms with Crippen LogP contribution in [0.3, 0.4) is 0 Å². The third kappa shape index (κ3) is 2.70. The number of H-pyrrole nitrogens is 3. The number of nitrogens with one attached hydrogen (secondary N) is 3. The van der Waals surface area contributed by atoms with Gasteiger partial charge in [-0.25, -0.2) is 14.5 Å². The Morgan fingerprint density at radius 3 is 2.58 bits per heavy atom. The van der Waals surface area contributed by atoms with Crippen molar-refractivity contribution >= 4 is 16.9 Å². The van der Waals surface area contributed by atoms with Crippen molar-refractivity contribution < 1.29 is 0 Å². The molecule has 0 aliphatic rings. The molecule has 0 aromatic carbocycles. The highest BCUT2D eigenvalue weighted by Crippen LogP contribution is 1.94. The van der Waals surface area contributed by atoms with Crippen LogP contribution in [0.1, 0.15) is 0 Å². The van der Waals surface area contributed by atoms with Gasteiger partial charge in [0, 0.05) is 43.0 Å². The zero-order chi connectivity index (χ0) is 16.2. The van der Waals surface area contributed by atoms with Crippen LogP contribution in [0.25, 0.3) is 16.9 Å². The number of hydrogen-bond acceptors (Lipinski definition) is 6. The highest BCUT2D eigenvalue weighted by atomic mass is 15.6. The van der Waals surface area contributed by atoms with Crippen molar-refractivity contribution in [3.63, 3.8) is 0 Å². The van der Waals surface area contributed by atoms with Crippen LogP contribution < -0.4 is 0 Å². The minimum atomic E-state index is 0.741. The summed E-state index contributed by atoms with van der Waals surface area (Å²) in [6.07, 6.45) is 10.4. The van der Waals surface area contributed by atoms with Gasteiger partial charge in [0.05, 0.1) is 6.20 Å². The first-order chi connectivity index (χ1) is 11.9. The van der Waals surface area contributed by atoms with E-state index in [0.717, 1.165) is 16.9 Å². The van der Waals surface area contributed by atoms with Gasteiger partial charge in [0.25, 0.3) is 0 Å². The summed E-state index contributed by atoms with van der Waals surface area (Å²) in [6, 6.07) is 5.54. The fraction of sp³-hybridized carbons (Fsp3) is 0. The lowest BCUT2D eigenvalue weighted by atomic mass is 10.7. The van der Waals surface area contributed by atoms with E-state index in [1.807, 2.05) is 29.0 Å². The molecular weight excluding hydrogens is 312 g/mol. The lowest BCUT2D eigenvalue weighted by Crippen LogP contribution is -1.83. The van der Waals surface area contributed by atoms with Gasteiger partial charge in [-0.05, 0) is 5.21 Å². The van der Waals surface area contributed by atoms with Gasteiger partial charge < -0.3 is 5.10 Å². The third-order valence-corrected chi connectivity index (χ3v) is 3.03. The normalized spacial score (nSPS) is 10.5. The Labute approximate surface area is 133 Å². The molecule has 0 amide bonds. The van der Waals surface area contributed by atoms with Gasteiger partial charge in [-0.2, -0.15) is 14.9 Å². The topological polar surface area (TPSA) is 138 Å². The van der Waals surface area contributed by atoms with Crippen molar-refractivity contribution in [1.29, 1.82) is 0 Å². The Morgan fingerprint density at radius 1 is 0.792 bits per heavy atom. The standard InChI is InChI=1S/C5H5N3.C4H4N4.C3H3N5/c1-2-7-8-4-3-6-5(1)8;1-2-6-8-4(1)5-3-7-8;1-2-4-8-3(1)5-6-7-8/h1-4,7H;1-3,6H;1-2H,(H,5,7). The minimum Gasteiger partial charge on any atom is -0.300 e. The van der Waals surface area contributed by atoms with Crippen LogP contribution in [0.4, 0.5) is 0 Å². The van der Waals surface area contributed by atoms with E-state index in [1.165, 1.54) is 11.0 Å². The van der Waals surface area contributed by atoms with Gasteiger partial charge >= 0.3 is 0 Å². The Balaban J connectivity index is 0.0000000911. The number of tetrazole rings is 1. The second kappa shape index (κ2) is 6.04. The van der Waals surface area contributed by atoms with Crippen molar-refractivity contribution in [1.82, 2.24) is 59.7 Å². The summed E-state index contributed by atoms with van der Waals surface area (Å²) in [5, 5.41) is 23.1. The molecule has 12 nitrogen and oxygen atoms in total. The maximum Gasteiger partial charge on any atom is 0.199 e. The summed E-state index contributed by atoms with van der Waals surface area (Å²) in [4.78, 5) is 7.91. The smallest absolute Gasteiger partial charge is 0.199 e. The van der Waals surface area contributed by atoms with E-state index in [-0.39, 0.29) is 0 Å². The maximum atomic E-state index is 4.01. The van der Waals surface area contributed by atoms with Gasteiger partial charge in [-0.15, -0.1) is 14.8 Å². The minimum absolute atomic E-state index is 0.741. The van der Waals surface area contributed by atoms with Gasteiger partial charge in [0.1, 0.15) is 6.33 Å². The molecule has 6 aromatic rings. The molecule has 0 aliphatic heterocycles. The van der Waals surface area contributed by atoms with E-state index < -0.39 is 0 Å². The number of aromatic amines is 3. The van der Waals surface area contributed by atoms with Crippen molar-refractivity contribution in [3.8, 4) is 0 Å². The number of hydrogen-bond donors (Lipinski definition) is 3. The quantitative estimate of drug-likeness (QED) is 0.364. The highest BCUT2D eigenvalue weighted by Gasteiger charge is 1.91. The first-order valence-corrected chi connectivity index (χ1v) is 6.90. The van der Waals surface area contributed by atoms with E-state index in [1.54, 1.807) is 29.3 Å². The van der Waals surface area contributed by atoms with E-state index in [4.69, 9.17) is 0 Å². The lowest BCUT2D eigenvalue weighted by molar-refractivity contribution is 0.743. The largest absolute Gasteiger partial charge is 0.300 e. The molecule has 0 aliphatic carbocycles. The predicted octanol–water partition coefficient (Wildman–Crippen LogP) is 0.172. The zero-order valence-electron chi connectivity index (χ0n) is 12.2. The SMILES string of the molecule is c1cc2nn[nH]n2n1.c1cn2[nH]ccc2n1.c1nc2cc[nH]n2n1. The van der Waals surface area contributed by atoms with E-state index in [9.17, 15) is 0 Å². The molecule has 0 saturated carbocycles. The zero-order valence-corrected chi connectivity index (χ0v) is 12.2. The molecule has 0 saturated heterocycles. The molecule has 0 spiro atoms. The fourth-order valence-electron chi connectivity index (χ4n) is 1.95. The maximum absolute atomic E-state index is 4.01. The van der Waals surface area contributed by atoms with Crippen molar-refractivity contribution in [2.45, 2.75) is 0 Å². The summed E-state index contributed by atoms with van der Waals surface area (Å²) in [6.45, 7) is 0. The molecule has 0 unspecified atom stereocenters. The Kier molecular flexibility index (Phi) is 3.44. The molecule has 0 fully saturated rings. The lowest BCUT2D eigenvalue weighted by Gasteiger charge is -1.74. The second-order valence-electron chi connectivity index (χ2n) is 4.51. The monoisotopic (exact) mass is 324 g/mol. The van der Waals surface area contributed by atoms with Crippen LogP contribution in [-0.2, 0) is 0 Å². The summed E-state index contributed by atoms with van der Waals surface area (Å²) in [5.74, 6) is 0. The van der Waals surface area contributed by atoms with Crippen LogP contribution in [0.2, 0.25) is 0 Å². The molecule has 120 valence electrons.